The number of rotatable bonds is 4. The standard InChI is InChI=1S/C8H12N2O.C6H7N3O/c1-11-8-4-6(5-9)2-3-7(8)10;1-5-2-8-6(3-7-5)9-4-10/h2-4H,5,9-10H2,1H3;2-4H,1H3,(H,8,9,10). The van der Waals surface area contributed by atoms with E-state index in [1.165, 1.54) is 6.20 Å². The van der Waals surface area contributed by atoms with Gasteiger partial charge in [-0.3, -0.25) is 9.78 Å². The quantitative estimate of drug-likeness (QED) is 0.573. The van der Waals surface area contributed by atoms with Gasteiger partial charge in [0.15, 0.2) is 5.82 Å². The van der Waals surface area contributed by atoms with Crippen LogP contribution in [0.2, 0.25) is 0 Å². The predicted octanol–water partition coefficient (Wildman–Crippen LogP) is 1.09. The largest absolute Gasteiger partial charge is 0.495 e. The maximum absolute atomic E-state index is 9.88. The molecule has 7 nitrogen and oxygen atoms in total. The van der Waals surface area contributed by atoms with Crippen molar-refractivity contribution >= 4 is 17.9 Å². The lowest BCUT2D eigenvalue weighted by molar-refractivity contribution is -0.105. The van der Waals surface area contributed by atoms with Gasteiger partial charge in [0.2, 0.25) is 6.41 Å². The fourth-order valence-electron chi connectivity index (χ4n) is 1.41. The molecule has 0 aliphatic rings. The van der Waals surface area contributed by atoms with Crippen LogP contribution in [0.1, 0.15) is 11.3 Å². The minimum Gasteiger partial charge on any atom is -0.495 e. The number of nitrogen functional groups attached to an aromatic ring is 1. The molecule has 0 aliphatic carbocycles. The molecule has 0 aliphatic heterocycles. The second kappa shape index (κ2) is 8.49. The molecule has 1 aromatic carbocycles. The topological polar surface area (TPSA) is 116 Å². The summed E-state index contributed by atoms with van der Waals surface area (Å²) in [5, 5.41) is 2.38. The third kappa shape index (κ3) is 5.45. The first-order valence-electron chi connectivity index (χ1n) is 6.22. The van der Waals surface area contributed by atoms with Crippen LogP contribution >= 0.6 is 0 Å². The highest BCUT2D eigenvalue weighted by Crippen LogP contribution is 2.21. The number of amides is 1. The number of aromatic nitrogens is 2. The van der Waals surface area contributed by atoms with Crippen LogP contribution in [0, 0.1) is 6.92 Å². The number of carbonyl (C=O) groups is 1. The Bertz CT molecular complexity index is 572. The van der Waals surface area contributed by atoms with E-state index in [1.807, 2.05) is 19.1 Å². The first-order chi connectivity index (χ1) is 10.1. The molecule has 2 aromatic rings. The van der Waals surface area contributed by atoms with E-state index in [9.17, 15) is 4.79 Å². The van der Waals surface area contributed by atoms with Gasteiger partial charge >= 0.3 is 0 Å². The van der Waals surface area contributed by atoms with Gasteiger partial charge in [0, 0.05) is 6.54 Å². The van der Waals surface area contributed by atoms with Gasteiger partial charge in [0.25, 0.3) is 0 Å². The molecule has 1 aromatic heterocycles. The van der Waals surface area contributed by atoms with E-state index in [1.54, 1.807) is 19.4 Å². The number of hydrogen-bond donors (Lipinski definition) is 3. The molecule has 0 unspecified atom stereocenters. The maximum atomic E-state index is 9.88. The van der Waals surface area contributed by atoms with Crippen molar-refractivity contribution in [2.24, 2.45) is 5.73 Å². The molecule has 0 saturated heterocycles. The Kier molecular flexibility index (Phi) is 6.62. The molecule has 1 heterocycles. The van der Waals surface area contributed by atoms with E-state index in [2.05, 4.69) is 15.3 Å². The molecular formula is C14H19N5O2. The summed E-state index contributed by atoms with van der Waals surface area (Å²) in [4.78, 5) is 17.7. The minimum atomic E-state index is 0.473. The van der Waals surface area contributed by atoms with Crippen molar-refractivity contribution in [2.75, 3.05) is 18.2 Å². The van der Waals surface area contributed by atoms with Crippen molar-refractivity contribution in [3.05, 3.63) is 41.9 Å². The molecule has 0 spiro atoms. The average Bonchev–Trinajstić information content (AvgIpc) is 2.51. The van der Waals surface area contributed by atoms with E-state index in [0.717, 1.165) is 11.3 Å². The summed E-state index contributed by atoms with van der Waals surface area (Å²) in [6, 6.07) is 5.52. The Balaban J connectivity index is 0.000000211. The Morgan fingerprint density at radius 2 is 2.10 bits per heavy atom. The zero-order valence-electron chi connectivity index (χ0n) is 12.0. The van der Waals surface area contributed by atoms with Crippen LogP contribution in [0.4, 0.5) is 11.5 Å². The van der Waals surface area contributed by atoms with Gasteiger partial charge in [-0.25, -0.2) is 4.98 Å². The fourth-order valence-corrected chi connectivity index (χ4v) is 1.41. The van der Waals surface area contributed by atoms with Crippen LogP contribution in [0.5, 0.6) is 5.75 Å². The minimum absolute atomic E-state index is 0.473. The Hall–Kier alpha value is -2.67. The van der Waals surface area contributed by atoms with Crippen molar-refractivity contribution in [1.29, 1.82) is 0 Å². The van der Waals surface area contributed by atoms with Crippen molar-refractivity contribution in [1.82, 2.24) is 9.97 Å². The number of nitrogens with zero attached hydrogens (tertiary/aromatic N) is 2. The number of carbonyl (C=O) groups excluding carboxylic acids is 1. The highest BCUT2D eigenvalue weighted by molar-refractivity contribution is 5.67. The van der Waals surface area contributed by atoms with Gasteiger partial charge in [0.05, 0.1) is 30.9 Å². The van der Waals surface area contributed by atoms with Gasteiger partial charge in [-0.2, -0.15) is 0 Å². The summed E-state index contributed by atoms with van der Waals surface area (Å²) in [6.07, 6.45) is 3.66. The molecule has 2 rings (SSSR count). The van der Waals surface area contributed by atoms with Crippen molar-refractivity contribution in [2.45, 2.75) is 13.5 Å². The SMILES string of the molecule is COc1cc(CN)ccc1N.Cc1cnc(NC=O)cn1. The monoisotopic (exact) mass is 289 g/mol. The van der Waals surface area contributed by atoms with Gasteiger partial charge < -0.3 is 21.5 Å². The smallest absolute Gasteiger partial charge is 0.212 e. The van der Waals surface area contributed by atoms with Crippen LogP contribution in [-0.2, 0) is 11.3 Å². The molecule has 0 fully saturated rings. The normalized spacial score (nSPS) is 9.29. The van der Waals surface area contributed by atoms with Crippen molar-refractivity contribution < 1.29 is 9.53 Å². The van der Waals surface area contributed by atoms with E-state index in [4.69, 9.17) is 16.2 Å². The summed E-state index contributed by atoms with van der Waals surface area (Å²) in [7, 11) is 1.59. The highest BCUT2D eigenvalue weighted by Gasteiger charge is 1.98. The number of ether oxygens (including phenoxy) is 1. The summed E-state index contributed by atoms with van der Waals surface area (Å²) in [6.45, 7) is 2.34. The number of anilines is 2. The van der Waals surface area contributed by atoms with E-state index in [0.29, 0.717) is 30.2 Å². The predicted molar refractivity (Wildman–Crippen MR) is 81.8 cm³/mol. The number of nitrogens with two attached hydrogens (primary N) is 2. The molecule has 112 valence electrons. The zero-order valence-corrected chi connectivity index (χ0v) is 12.0. The molecular weight excluding hydrogens is 270 g/mol. The first kappa shape index (κ1) is 16.4. The van der Waals surface area contributed by atoms with Crippen LogP contribution < -0.4 is 21.5 Å². The van der Waals surface area contributed by atoms with Gasteiger partial charge in [-0.05, 0) is 24.6 Å². The second-order valence-corrected chi connectivity index (χ2v) is 4.09. The maximum Gasteiger partial charge on any atom is 0.212 e. The molecule has 7 heteroatoms. The number of nitrogens with one attached hydrogen (secondary N) is 1. The molecule has 0 atom stereocenters. The molecule has 1 amide bonds. The van der Waals surface area contributed by atoms with Crippen LogP contribution in [0.3, 0.4) is 0 Å². The molecule has 21 heavy (non-hydrogen) atoms. The van der Waals surface area contributed by atoms with Crippen LogP contribution in [0.25, 0.3) is 0 Å². The lowest BCUT2D eigenvalue weighted by Crippen LogP contribution is -1.98. The number of methoxy groups -OCH3 is 1. The molecule has 0 bridgehead atoms. The van der Waals surface area contributed by atoms with Crippen LogP contribution in [0.15, 0.2) is 30.6 Å². The molecule has 0 saturated carbocycles. The number of benzene rings is 1. The Morgan fingerprint density at radius 3 is 2.62 bits per heavy atom. The summed E-state index contributed by atoms with van der Waals surface area (Å²) in [5.74, 6) is 1.16. The Morgan fingerprint density at radius 1 is 1.33 bits per heavy atom. The number of hydrogen-bond acceptors (Lipinski definition) is 6. The van der Waals surface area contributed by atoms with Gasteiger partial charge in [0.1, 0.15) is 5.75 Å². The van der Waals surface area contributed by atoms with E-state index >= 15 is 0 Å². The molecule has 0 radical (unpaired) electrons. The third-order valence-electron chi connectivity index (χ3n) is 2.52. The van der Waals surface area contributed by atoms with Crippen molar-refractivity contribution in [3.63, 3.8) is 0 Å². The Labute approximate surface area is 123 Å². The highest BCUT2D eigenvalue weighted by atomic mass is 16.5. The van der Waals surface area contributed by atoms with Gasteiger partial charge in [-0.15, -0.1) is 0 Å². The zero-order chi connectivity index (χ0) is 15.7. The fraction of sp³-hybridized carbons (Fsp3) is 0.214. The molecule has 5 N–H and O–H groups in total. The summed E-state index contributed by atoms with van der Waals surface area (Å²) >= 11 is 0. The summed E-state index contributed by atoms with van der Waals surface area (Å²) < 4.78 is 5.01. The van der Waals surface area contributed by atoms with E-state index < -0.39 is 0 Å². The first-order valence-corrected chi connectivity index (χ1v) is 6.22. The summed E-state index contributed by atoms with van der Waals surface area (Å²) in [5.41, 5.74) is 13.5. The van der Waals surface area contributed by atoms with E-state index in [-0.39, 0.29) is 0 Å². The average molecular weight is 289 g/mol. The third-order valence-corrected chi connectivity index (χ3v) is 2.52. The van der Waals surface area contributed by atoms with Gasteiger partial charge in [-0.1, -0.05) is 6.07 Å². The lowest BCUT2D eigenvalue weighted by atomic mass is 10.2. The lowest BCUT2D eigenvalue weighted by Gasteiger charge is -2.05. The second-order valence-electron chi connectivity index (χ2n) is 4.09. The van der Waals surface area contributed by atoms with Crippen molar-refractivity contribution in [3.8, 4) is 5.75 Å². The number of aryl methyl sites for hydroxylation is 1. The van der Waals surface area contributed by atoms with Crippen LogP contribution in [-0.4, -0.2) is 23.5 Å².